The maximum atomic E-state index is 13.9. The molecule has 3 aromatic rings. The quantitative estimate of drug-likeness (QED) is 0.532. The minimum Gasteiger partial charge on any atom is -0.485 e. The summed E-state index contributed by atoms with van der Waals surface area (Å²) in [6.07, 6.45) is 0.428. The molecule has 3 N–H and O–H groups in total. The normalized spacial score (nSPS) is 12.9. The maximum absolute atomic E-state index is 13.9. The Morgan fingerprint density at radius 1 is 1.13 bits per heavy atom. The van der Waals surface area contributed by atoms with Crippen LogP contribution in [-0.4, -0.2) is 38.6 Å². The summed E-state index contributed by atoms with van der Waals surface area (Å²) in [6, 6.07) is 5.76. The van der Waals surface area contributed by atoms with Crippen molar-refractivity contribution in [3.63, 3.8) is 0 Å². The lowest BCUT2D eigenvalue weighted by atomic mass is 10.1. The number of ether oxygens (including phenoxy) is 1. The molecule has 2 aromatic heterocycles. The van der Waals surface area contributed by atoms with Crippen molar-refractivity contribution in [3.8, 4) is 5.75 Å². The van der Waals surface area contributed by atoms with E-state index >= 15 is 0 Å². The number of carboxylic acid groups (broad SMARTS) is 1. The van der Waals surface area contributed by atoms with E-state index in [9.17, 15) is 18.4 Å². The number of nitrogens with zero attached hydrogens (tertiary/aromatic N) is 2. The van der Waals surface area contributed by atoms with Crippen LogP contribution in [0, 0.1) is 18.6 Å². The van der Waals surface area contributed by atoms with E-state index in [1.54, 1.807) is 39.1 Å². The van der Waals surface area contributed by atoms with E-state index in [2.05, 4.69) is 15.6 Å². The van der Waals surface area contributed by atoms with Crippen LogP contribution in [0.4, 0.5) is 13.6 Å². The van der Waals surface area contributed by atoms with Gasteiger partial charge in [-0.3, -0.25) is 9.20 Å². The molecule has 0 saturated heterocycles. The molecule has 3 rings (SSSR count). The minimum atomic E-state index is -1.19. The highest BCUT2D eigenvalue weighted by atomic mass is 19.1. The Morgan fingerprint density at radius 3 is 2.42 bits per heavy atom. The number of benzene rings is 1. The Kier molecular flexibility index (Phi) is 6.38. The first kappa shape index (κ1) is 22.0. The van der Waals surface area contributed by atoms with Crippen LogP contribution in [-0.2, 0) is 6.61 Å². The fourth-order valence-electron chi connectivity index (χ4n) is 3.08. The molecule has 0 fully saturated rings. The number of imidazole rings is 1. The van der Waals surface area contributed by atoms with Crippen molar-refractivity contribution in [1.82, 2.24) is 20.0 Å². The number of aryl methyl sites for hydroxylation is 1. The number of hydrogen-bond acceptors (Lipinski definition) is 4. The monoisotopic (exact) mass is 432 g/mol. The summed E-state index contributed by atoms with van der Waals surface area (Å²) in [4.78, 5) is 28.0. The molecule has 1 unspecified atom stereocenters. The van der Waals surface area contributed by atoms with Crippen LogP contribution in [0.5, 0.6) is 5.75 Å². The first-order valence-corrected chi connectivity index (χ1v) is 9.52. The molecule has 0 aliphatic rings. The Hall–Kier alpha value is -3.69. The van der Waals surface area contributed by atoms with Crippen molar-refractivity contribution in [2.24, 2.45) is 0 Å². The number of fused-ring (bicyclic) bond motifs is 1. The van der Waals surface area contributed by atoms with Gasteiger partial charge in [0.2, 0.25) is 0 Å². The highest BCUT2D eigenvalue weighted by molar-refractivity contribution is 5.95. The number of halogens is 2. The summed E-state index contributed by atoms with van der Waals surface area (Å²) >= 11 is 0. The second-order valence-corrected chi connectivity index (χ2v) is 7.10. The van der Waals surface area contributed by atoms with Gasteiger partial charge in [-0.15, -0.1) is 0 Å². The van der Waals surface area contributed by atoms with Gasteiger partial charge in [0.05, 0.1) is 11.3 Å². The molecule has 2 heterocycles. The topological polar surface area (TPSA) is 105 Å². The molecule has 0 radical (unpaired) electrons. The van der Waals surface area contributed by atoms with E-state index in [1.807, 2.05) is 0 Å². The average molecular weight is 432 g/mol. The zero-order valence-electron chi connectivity index (χ0n) is 17.1. The smallest absolute Gasteiger partial charge is 0.404 e. The fourth-order valence-corrected chi connectivity index (χ4v) is 3.08. The molecule has 2 amide bonds. The van der Waals surface area contributed by atoms with Crippen molar-refractivity contribution in [2.75, 3.05) is 0 Å². The van der Waals surface area contributed by atoms with Crippen LogP contribution >= 0.6 is 0 Å². The number of carbonyl (C=O) groups is 2. The molecule has 0 spiro atoms. The second kappa shape index (κ2) is 8.99. The molecule has 1 aromatic carbocycles. The summed E-state index contributed by atoms with van der Waals surface area (Å²) < 4.78 is 34.9. The Morgan fingerprint density at radius 2 is 1.77 bits per heavy atom. The summed E-state index contributed by atoms with van der Waals surface area (Å²) in [5, 5.41) is 13.9. The van der Waals surface area contributed by atoms with Gasteiger partial charge < -0.3 is 20.5 Å². The molecular weight excluding hydrogens is 410 g/mol. The number of amides is 2. The van der Waals surface area contributed by atoms with Gasteiger partial charge in [0.25, 0.3) is 5.91 Å². The van der Waals surface area contributed by atoms with Crippen LogP contribution in [0.15, 0.2) is 36.5 Å². The van der Waals surface area contributed by atoms with Gasteiger partial charge in [-0.25, -0.2) is 18.6 Å². The molecule has 0 saturated carbocycles. The van der Waals surface area contributed by atoms with Crippen LogP contribution in [0.2, 0.25) is 0 Å². The van der Waals surface area contributed by atoms with Crippen molar-refractivity contribution in [3.05, 3.63) is 65.1 Å². The van der Waals surface area contributed by atoms with Crippen molar-refractivity contribution >= 4 is 17.6 Å². The number of pyridine rings is 1. The van der Waals surface area contributed by atoms with Gasteiger partial charge in [-0.05, 0) is 45.0 Å². The molecule has 31 heavy (non-hydrogen) atoms. The summed E-state index contributed by atoms with van der Waals surface area (Å²) in [6.45, 7) is 4.61. The van der Waals surface area contributed by atoms with E-state index in [1.165, 1.54) is 10.5 Å². The predicted molar refractivity (Wildman–Crippen MR) is 108 cm³/mol. The van der Waals surface area contributed by atoms with Gasteiger partial charge in [0.15, 0.2) is 11.4 Å². The average Bonchev–Trinajstić information content (AvgIpc) is 3.03. The predicted octanol–water partition coefficient (Wildman–Crippen LogP) is 3.27. The minimum absolute atomic E-state index is 0.209. The van der Waals surface area contributed by atoms with Crippen molar-refractivity contribution in [2.45, 2.75) is 39.5 Å². The second-order valence-electron chi connectivity index (χ2n) is 7.10. The van der Waals surface area contributed by atoms with Crippen LogP contribution < -0.4 is 15.4 Å². The summed E-state index contributed by atoms with van der Waals surface area (Å²) in [7, 11) is 0. The zero-order chi connectivity index (χ0) is 22.7. The van der Waals surface area contributed by atoms with E-state index in [4.69, 9.17) is 9.84 Å². The third-order valence-corrected chi connectivity index (χ3v) is 4.90. The first-order valence-electron chi connectivity index (χ1n) is 9.52. The van der Waals surface area contributed by atoms with E-state index in [0.29, 0.717) is 11.3 Å². The first-order chi connectivity index (χ1) is 14.7. The zero-order valence-corrected chi connectivity index (χ0v) is 17.1. The number of nitrogens with one attached hydrogen (secondary N) is 2. The highest BCUT2D eigenvalue weighted by Crippen LogP contribution is 2.24. The van der Waals surface area contributed by atoms with Crippen LogP contribution in [0.3, 0.4) is 0 Å². The Balaban J connectivity index is 1.84. The van der Waals surface area contributed by atoms with Gasteiger partial charge in [-0.1, -0.05) is 6.07 Å². The molecule has 0 bridgehead atoms. The highest BCUT2D eigenvalue weighted by Gasteiger charge is 2.23. The molecule has 8 nitrogen and oxygen atoms in total. The summed E-state index contributed by atoms with van der Waals surface area (Å²) in [5.41, 5.74) is 0.759. The van der Waals surface area contributed by atoms with Crippen LogP contribution in [0.25, 0.3) is 5.65 Å². The maximum Gasteiger partial charge on any atom is 0.404 e. The number of aromatic nitrogens is 2. The van der Waals surface area contributed by atoms with Crippen molar-refractivity contribution < 1.29 is 28.2 Å². The number of rotatable bonds is 7. The van der Waals surface area contributed by atoms with E-state index < -0.39 is 35.7 Å². The molecule has 0 aliphatic carbocycles. The standard InChI is InChI=1S/C21H22F2N4O4/c1-11(12(2)26-21(29)30)25-20(28)18-13(3)24-19-17(8-5-9-27(18)19)31-10-14-15(22)6-4-7-16(14)23/h4-9,11-12,26H,10H2,1-3H3,(H,25,28)(H,29,30)/t11?,12-/m1/s1. The summed E-state index contributed by atoms with van der Waals surface area (Å²) in [5.74, 6) is -1.63. The Bertz CT molecular complexity index is 1110. The largest absolute Gasteiger partial charge is 0.485 e. The van der Waals surface area contributed by atoms with Gasteiger partial charge >= 0.3 is 6.09 Å². The SMILES string of the molecule is Cc1nc2c(OCc3c(F)cccc3F)cccn2c1C(=O)NC(C)[C@@H](C)NC(=O)O. The lowest BCUT2D eigenvalue weighted by molar-refractivity contribution is 0.0924. The molecular formula is C21H22F2N4O4. The Labute approximate surface area is 176 Å². The van der Waals surface area contributed by atoms with Crippen molar-refractivity contribution in [1.29, 1.82) is 0 Å². The molecule has 0 aliphatic heterocycles. The van der Waals surface area contributed by atoms with Gasteiger partial charge in [0, 0.05) is 18.3 Å². The fraction of sp³-hybridized carbons (Fsp3) is 0.286. The van der Waals surface area contributed by atoms with Gasteiger partial charge in [-0.2, -0.15) is 0 Å². The number of hydrogen-bond donors (Lipinski definition) is 3. The molecule has 2 atom stereocenters. The number of carbonyl (C=O) groups excluding carboxylic acids is 1. The lowest BCUT2D eigenvalue weighted by Crippen LogP contribution is -2.48. The van der Waals surface area contributed by atoms with E-state index in [-0.39, 0.29) is 23.6 Å². The van der Waals surface area contributed by atoms with Crippen LogP contribution in [0.1, 0.15) is 35.6 Å². The van der Waals surface area contributed by atoms with Gasteiger partial charge in [0.1, 0.15) is 23.9 Å². The molecule has 10 heteroatoms. The third-order valence-electron chi connectivity index (χ3n) is 4.90. The lowest BCUT2D eigenvalue weighted by Gasteiger charge is -2.21. The van der Waals surface area contributed by atoms with E-state index in [0.717, 1.165) is 12.1 Å². The molecule has 164 valence electrons. The third kappa shape index (κ3) is 4.73.